The quantitative estimate of drug-likeness (QED) is 0.742. The van der Waals surface area contributed by atoms with Crippen molar-refractivity contribution in [2.45, 2.75) is 37.1 Å². The zero-order valence-electron chi connectivity index (χ0n) is 18.0. The molecule has 2 aliphatic rings. The predicted molar refractivity (Wildman–Crippen MR) is 120 cm³/mol. The summed E-state index contributed by atoms with van der Waals surface area (Å²) in [4.78, 5) is 15.1. The van der Waals surface area contributed by atoms with E-state index in [1.165, 1.54) is 9.87 Å². The predicted octanol–water partition coefficient (Wildman–Crippen LogP) is 2.52. The van der Waals surface area contributed by atoms with Crippen molar-refractivity contribution in [3.63, 3.8) is 0 Å². The van der Waals surface area contributed by atoms with Crippen LogP contribution in [0.15, 0.2) is 47.4 Å². The molecule has 1 amide bonds. The van der Waals surface area contributed by atoms with Gasteiger partial charge in [0.25, 0.3) is 0 Å². The highest BCUT2D eigenvalue weighted by Crippen LogP contribution is 2.27. The van der Waals surface area contributed by atoms with Crippen LogP contribution in [0.4, 0.5) is 5.69 Å². The normalized spacial score (nSPS) is 18.4. The number of methoxy groups -OCH3 is 1. The van der Waals surface area contributed by atoms with Crippen molar-refractivity contribution in [1.82, 2.24) is 9.21 Å². The van der Waals surface area contributed by atoms with Gasteiger partial charge in [0.1, 0.15) is 5.75 Å². The fourth-order valence-corrected chi connectivity index (χ4v) is 5.81. The minimum absolute atomic E-state index is 0.139. The number of hydrogen-bond acceptors (Lipinski definition) is 5. The highest BCUT2D eigenvalue weighted by molar-refractivity contribution is 7.89. The number of nitrogens with zero attached hydrogens (tertiary/aromatic N) is 2. The average molecular weight is 444 g/mol. The van der Waals surface area contributed by atoms with Crippen LogP contribution in [0.1, 0.15) is 24.5 Å². The fourth-order valence-electron chi connectivity index (χ4n) is 4.34. The maximum atomic E-state index is 13.1. The lowest BCUT2D eigenvalue weighted by Gasteiger charge is -2.36. The molecule has 1 aliphatic heterocycles. The van der Waals surface area contributed by atoms with Gasteiger partial charge in [-0.3, -0.25) is 9.69 Å². The van der Waals surface area contributed by atoms with Crippen LogP contribution in [0.5, 0.6) is 5.75 Å². The average Bonchev–Trinajstić information content (AvgIpc) is 3.27. The number of sulfonamides is 1. The summed E-state index contributed by atoms with van der Waals surface area (Å²) in [6.07, 6.45) is 3.07. The van der Waals surface area contributed by atoms with Crippen LogP contribution in [0.3, 0.4) is 0 Å². The van der Waals surface area contributed by atoms with E-state index in [0.717, 1.165) is 24.8 Å². The molecule has 1 N–H and O–H groups in total. The molecule has 166 valence electrons. The van der Waals surface area contributed by atoms with E-state index in [1.807, 2.05) is 36.1 Å². The number of anilines is 1. The van der Waals surface area contributed by atoms with Crippen molar-refractivity contribution in [1.29, 1.82) is 0 Å². The summed E-state index contributed by atoms with van der Waals surface area (Å²) in [6.45, 7) is 3.59. The molecule has 0 unspecified atom stereocenters. The molecule has 0 radical (unpaired) electrons. The number of piperazine rings is 1. The number of nitrogens with one attached hydrogen (secondary N) is 1. The number of fused-ring (bicyclic) bond motifs is 1. The van der Waals surface area contributed by atoms with Crippen molar-refractivity contribution in [2.75, 3.05) is 38.6 Å². The molecule has 7 nitrogen and oxygen atoms in total. The summed E-state index contributed by atoms with van der Waals surface area (Å²) in [6, 6.07) is 12.4. The van der Waals surface area contributed by atoms with E-state index in [0.29, 0.717) is 42.5 Å². The van der Waals surface area contributed by atoms with Crippen LogP contribution in [0, 0.1) is 0 Å². The SMILES string of the molecule is COc1ccccc1NC(=O)[C@@H](C)N1CCN(S(=O)(=O)c2ccc3c(c2)CCC3)CC1. The van der Waals surface area contributed by atoms with Gasteiger partial charge in [0, 0.05) is 26.2 Å². The van der Waals surface area contributed by atoms with E-state index in [2.05, 4.69) is 5.32 Å². The first kappa shape index (κ1) is 21.8. The minimum atomic E-state index is -3.52. The molecule has 0 bridgehead atoms. The highest BCUT2D eigenvalue weighted by Gasteiger charge is 2.32. The molecule has 0 saturated carbocycles. The Balaban J connectivity index is 1.38. The van der Waals surface area contributed by atoms with Crippen LogP contribution in [0.25, 0.3) is 0 Å². The summed E-state index contributed by atoms with van der Waals surface area (Å²) >= 11 is 0. The molecule has 0 spiro atoms. The van der Waals surface area contributed by atoms with Gasteiger partial charge in [-0.2, -0.15) is 4.31 Å². The molecule has 2 aromatic carbocycles. The maximum absolute atomic E-state index is 13.1. The van der Waals surface area contributed by atoms with Gasteiger partial charge in [0.2, 0.25) is 15.9 Å². The van der Waals surface area contributed by atoms with E-state index in [9.17, 15) is 13.2 Å². The number of carbonyl (C=O) groups excluding carboxylic acids is 1. The van der Waals surface area contributed by atoms with Crippen LogP contribution in [0.2, 0.25) is 0 Å². The Morgan fingerprint density at radius 2 is 1.74 bits per heavy atom. The summed E-state index contributed by atoms with van der Waals surface area (Å²) in [5.74, 6) is 0.465. The van der Waals surface area contributed by atoms with Crippen LogP contribution < -0.4 is 10.1 Å². The number of carbonyl (C=O) groups is 1. The molecule has 1 fully saturated rings. The van der Waals surface area contributed by atoms with Gasteiger partial charge in [-0.15, -0.1) is 0 Å². The largest absolute Gasteiger partial charge is 0.495 e. The molecular formula is C23H29N3O4S. The van der Waals surface area contributed by atoms with Crippen LogP contribution >= 0.6 is 0 Å². The van der Waals surface area contributed by atoms with Gasteiger partial charge in [-0.1, -0.05) is 18.2 Å². The molecule has 2 aromatic rings. The van der Waals surface area contributed by atoms with Gasteiger partial charge in [-0.25, -0.2) is 8.42 Å². The zero-order chi connectivity index (χ0) is 22.0. The smallest absolute Gasteiger partial charge is 0.243 e. The zero-order valence-corrected chi connectivity index (χ0v) is 18.8. The van der Waals surface area contributed by atoms with Gasteiger partial charge in [0.05, 0.1) is 23.7 Å². The van der Waals surface area contributed by atoms with Gasteiger partial charge < -0.3 is 10.1 Å². The Labute approximate surface area is 184 Å². The Hall–Kier alpha value is -2.42. The van der Waals surface area contributed by atoms with Crippen molar-refractivity contribution in [3.05, 3.63) is 53.6 Å². The summed E-state index contributed by atoms with van der Waals surface area (Å²) in [5.41, 5.74) is 3.04. The number of hydrogen-bond donors (Lipinski definition) is 1. The standard InChI is InChI=1S/C23H29N3O4S/c1-17(23(27)24-21-8-3-4-9-22(21)30-2)25-12-14-26(15-13-25)31(28,29)20-11-10-18-6-5-7-19(18)16-20/h3-4,8-11,16-17H,5-7,12-15H2,1-2H3,(H,24,27)/t17-/m1/s1. The molecule has 1 heterocycles. The van der Waals surface area contributed by atoms with Crippen molar-refractivity contribution in [3.8, 4) is 5.75 Å². The first-order valence-electron chi connectivity index (χ1n) is 10.7. The Morgan fingerprint density at radius 1 is 1.03 bits per heavy atom. The third-order valence-corrected chi connectivity index (χ3v) is 8.17. The van der Waals surface area contributed by atoms with Crippen molar-refractivity contribution < 1.29 is 17.9 Å². The van der Waals surface area contributed by atoms with E-state index in [1.54, 1.807) is 25.3 Å². The Morgan fingerprint density at radius 3 is 2.48 bits per heavy atom. The molecule has 4 rings (SSSR count). The summed E-state index contributed by atoms with van der Waals surface area (Å²) in [5, 5.41) is 2.91. The molecular weight excluding hydrogens is 414 g/mol. The second-order valence-corrected chi connectivity index (χ2v) is 10.0. The molecule has 1 atom stereocenters. The first-order valence-corrected chi connectivity index (χ1v) is 12.1. The third-order valence-electron chi connectivity index (χ3n) is 6.27. The second kappa shape index (κ2) is 8.98. The number of para-hydroxylation sites is 2. The van der Waals surface area contributed by atoms with E-state index in [-0.39, 0.29) is 11.9 Å². The second-order valence-electron chi connectivity index (χ2n) is 8.09. The van der Waals surface area contributed by atoms with E-state index >= 15 is 0 Å². The molecule has 1 saturated heterocycles. The van der Waals surface area contributed by atoms with Crippen molar-refractivity contribution >= 4 is 21.6 Å². The topological polar surface area (TPSA) is 79.0 Å². The van der Waals surface area contributed by atoms with Gasteiger partial charge in [-0.05, 0) is 61.6 Å². The number of ether oxygens (including phenoxy) is 1. The Kier molecular flexibility index (Phi) is 6.31. The Bertz CT molecular complexity index is 1060. The fraction of sp³-hybridized carbons (Fsp3) is 0.435. The minimum Gasteiger partial charge on any atom is -0.495 e. The summed E-state index contributed by atoms with van der Waals surface area (Å²) < 4.78 is 33.1. The lowest BCUT2D eigenvalue weighted by atomic mass is 10.1. The van der Waals surface area contributed by atoms with Crippen molar-refractivity contribution in [2.24, 2.45) is 0 Å². The van der Waals surface area contributed by atoms with Gasteiger partial charge in [0.15, 0.2) is 0 Å². The van der Waals surface area contributed by atoms with Gasteiger partial charge >= 0.3 is 0 Å². The monoisotopic (exact) mass is 443 g/mol. The van der Waals surface area contributed by atoms with Crippen LogP contribution in [-0.4, -0.2) is 62.9 Å². The van der Waals surface area contributed by atoms with E-state index in [4.69, 9.17) is 4.74 Å². The number of benzene rings is 2. The molecule has 31 heavy (non-hydrogen) atoms. The number of amides is 1. The maximum Gasteiger partial charge on any atom is 0.243 e. The number of rotatable bonds is 6. The lowest BCUT2D eigenvalue weighted by Crippen LogP contribution is -2.53. The number of aryl methyl sites for hydroxylation is 2. The molecule has 1 aliphatic carbocycles. The third kappa shape index (κ3) is 4.46. The van der Waals surface area contributed by atoms with E-state index < -0.39 is 10.0 Å². The lowest BCUT2D eigenvalue weighted by molar-refractivity contribution is -0.121. The molecule has 0 aromatic heterocycles. The first-order chi connectivity index (χ1) is 14.9. The summed E-state index contributed by atoms with van der Waals surface area (Å²) in [7, 11) is -1.96. The molecule has 8 heteroatoms. The highest BCUT2D eigenvalue weighted by atomic mass is 32.2. The van der Waals surface area contributed by atoms with Crippen LogP contribution in [-0.2, 0) is 27.7 Å².